The lowest BCUT2D eigenvalue weighted by Gasteiger charge is -2.35. The van der Waals surface area contributed by atoms with Crippen LogP contribution in [-0.4, -0.2) is 52.1 Å². The predicted octanol–water partition coefficient (Wildman–Crippen LogP) is 2.17. The first-order valence-electron chi connectivity index (χ1n) is 7.24. The van der Waals surface area contributed by atoms with E-state index < -0.39 is 5.97 Å². The average Bonchev–Trinajstić information content (AvgIpc) is 2.68. The number of carbonyl (C=O) groups excluding carboxylic acids is 1. The molecule has 20 heavy (non-hydrogen) atoms. The molecule has 0 aromatic rings. The van der Waals surface area contributed by atoms with Crippen molar-refractivity contribution < 1.29 is 14.7 Å². The van der Waals surface area contributed by atoms with E-state index >= 15 is 0 Å². The maximum absolute atomic E-state index is 12.4. The molecular formula is C14H24N2O3S. The second-order valence-electron chi connectivity index (χ2n) is 6.57. The Kier molecular flexibility index (Phi) is 4.83. The fourth-order valence-corrected chi connectivity index (χ4v) is 4.17. The Bertz CT molecular complexity index is 387. The number of aliphatic carboxylic acids is 1. The first-order chi connectivity index (χ1) is 9.37. The van der Waals surface area contributed by atoms with Gasteiger partial charge in [-0.15, -0.1) is 0 Å². The summed E-state index contributed by atoms with van der Waals surface area (Å²) in [5.41, 5.74) is 0.302. The summed E-state index contributed by atoms with van der Waals surface area (Å²) in [5, 5.41) is 12.0. The zero-order chi connectivity index (χ0) is 14.8. The number of thioether (sulfide) groups is 1. The molecule has 2 amide bonds. The van der Waals surface area contributed by atoms with Crippen molar-refractivity contribution in [1.82, 2.24) is 10.2 Å². The van der Waals surface area contributed by atoms with Gasteiger partial charge in [0.15, 0.2) is 0 Å². The monoisotopic (exact) mass is 300 g/mol. The van der Waals surface area contributed by atoms with E-state index in [9.17, 15) is 9.59 Å². The fraction of sp³-hybridized carbons (Fsp3) is 0.857. The molecule has 0 spiro atoms. The first kappa shape index (κ1) is 15.5. The zero-order valence-electron chi connectivity index (χ0n) is 12.2. The van der Waals surface area contributed by atoms with Gasteiger partial charge in [0.2, 0.25) is 0 Å². The Morgan fingerprint density at radius 1 is 1.45 bits per heavy atom. The predicted molar refractivity (Wildman–Crippen MR) is 80.0 cm³/mol. The second kappa shape index (κ2) is 6.24. The smallest absolute Gasteiger partial charge is 0.317 e. The Morgan fingerprint density at radius 2 is 2.20 bits per heavy atom. The van der Waals surface area contributed by atoms with Gasteiger partial charge in [-0.05, 0) is 24.7 Å². The maximum atomic E-state index is 12.4. The number of carbonyl (C=O) groups is 2. The van der Waals surface area contributed by atoms with E-state index in [0.29, 0.717) is 12.0 Å². The third-order valence-electron chi connectivity index (χ3n) is 4.19. The summed E-state index contributed by atoms with van der Waals surface area (Å²) in [6, 6.07) is -0.0301. The highest BCUT2D eigenvalue weighted by Crippen LogP contribution is 2.37. The molecule has 0 aromatic carbocycles. The minimum atomic E-state index is -0.836. The lowest BCUT2D eigenvalue weighted by molar-refractivity contribution is -0.137. The van der Waals surface area contributed by atoms with Crippen molar-refractivity contribution in [1.29, 1.82) is 0 Å². The molecule has 5 nitrogen and oxygen atoms in total. The van der Waals surface area contributed by atoms with Crippen LogP contribution in [0.3, 0.4) is 0 Å². The highest BCUT2D eigenvalue weighted by Gasteiger charge is 2.34. The molecule has 0 aromatic heterocycles. The molecule has 2 rings (SSSR count). The van der Waals surface area contributed by atoms with Gasteiger partial charge in [0.25, 0.3) is 0 Å². The van der Waals surface area contributed by atoms with Crippen molar-refractivity contribution in [2.75, 3.05) is 18.1 Å². The van der Waals surface area contributed by atoms with Gasteiger partial charge >= 0.3 is 12.0 Å². The fourth-order valence-electron chi connectivity index (χ4n) is 3.11. The molecule has 1 aliphatic heterocycles. The van der Waals surface area contributed by atoms with Crippen LogP contribution in [0, 0.1) is 5.41 Å². The average molecular weight is 300 g/mol. The Balaban J connectivity index is 1.91. The number of amides is 2. The highest BCUT2D eigenvalue weighted by molar-refractivity contribution is 7.99. The molecule has 0 radical (unpaired) electrons. The number of nitrogens with one attached hydrogen (secondary N) is 1. The van der Waals surface area contributed by atoms with Gasteiger partial charge in [-0.25, -0.2) is 4.79 Å². The van der Waals surface area contributed by atoms with Gasteiger partial charge in [0.1, 0.15) is 0 Å². The molecular weight excluding hydrogens is 276 g/mol. The molecule has 1 heterocycles. The van der Waals surface area contributed by atoms with Crippen LogP contribution in [0.5, 0.6) is 0 Å². The molecule has 6 heteroatoms. The summed E-state index contributed by atoms with van der Waals surface area (Å²) in [4.78, 5) is 25.0. The number of urea groups is 1. The first-order valence-corrected chi connectivity index (χ1v) is 8.39. The Morgan fingerprint density at radius 3 is 2.80 bits per heavy atom. The molecule has 0 bridgehead atoms. The Hall–Kier alpha value is -0.910. The van der Waals surface area contributed by atoms with Crippen LogP contribution in [0.15, 0.2) is 0 Å². The van der Waals surface area contributed by atoms with Crippen molar-refractivity contribution in [2.45, 2.75) is 51.6 Å². The number of hydrogen-bond donors (Lipinski definition) is 2. The number of carboxylic acids is 1. The normalized spacial score (nSPS) is 29.2. The van der Waals surface area contributed by atoms with E-state index in [-0.39, 0.29) is 24.5 Å². The zero-order valence-corrected chi connectivity index (χ0v) is 13.0. The van der Waals surface area contributed by atoms with Crippen LogP contribution in [0.1, 0.15) is 39.5 Å². The SMILES string of the molecule is CC1(C)CCC(NC(=O)N2CCSCC2CC(=O)O)C1. The number of hydrogen-bond acceptors (Lipinski definition) is 3. The summed E-state index contributed by atoms with van der Waals surface area (Å²) >= 11 is 1.72. The molecule has 1 aliphatic carbocycles. The summed E-state index contributed by atoms with van der Waals surface area (Å²) in [7, 11) is 0. The quantitative estimate of drug-likeness (QED) is 0.838. The van der Waals surface area contributed by atoms with E-state index in [1.807, 2.05) is 0 Å². The second-order valence-corrected chi connectivity index (χ2v) is 7.72. The van der Waals surface area contributed by atoms with Crippen LogP contribution in [0.2, 0.25) is 0 Å². The molecule has 114 valence electrons. The third-order valence-corrected chi connectivity index (χ3v) is 5.29. The van der Waals surface area contributed by atoms with Crippen molar-refractivity contribution >= 4 is 23.8 Å². The summed E-state index contributed by atoms with van der Waals surface area (Å²) in [6.45, 7) is 5.10. The lowest BCUT2D eigenvalue weighted by Crippen LogP contribution is -2.53. The molecule has 2 aliphatic rings. The van der Waals surface area contributed by atoms with Crippen molar-refractivity contribution in [3.8, 4) is 0 Å². The van der Waals surface area contributed by atoms with Gasteiger partial charge in [-0.1, -0.05) is 13.8 Å². The maximum Gasteiger partial charge on any atom is 0.317 e. The number of rotatable bonds is 3. The molecule has 2 fully saturated rings. The van der Waals surface area contributed by atoms with Gasteiger partial charge in [-0.3, -0.25) is 4.79 Å². The molecule has 1 saturated heterocycles. The van der Waals surface area contributed by atoms with E-state index in [4.69, 9.17) is 5.11 Å². The van der Waals surface area contributed by atoms with Crippen molar-refractivity contribution in [3.05, 3.63) is 0 Å². The molecule has 2 atom stereocenters. The highest BCUT2D eigenvalue weighted by atomic mass is 32.2. The van der Waals surface area contributed by atoms with Gasteiger partial charge in [0, 0.05) is 24.1 Å². The van der Waals surface area contributed by atoms with Gasteiger partial charge in [0.05, 0.1) is 12.5 Å². The van der Waals surface area contributed by atoms with E-state index in [1.54, 1.807) is 16.7 Å². The van der Waals surface area contributed by atoms with Crippen LogP contribution in [0.25, 0.3) is 0 Å². The largest absolute Gasteiger partial charge is 0.481 e. The summed E-state index contributed by atoms with van der Waals surface area (Å²) < 4.78 is 0. The summed E-state index contributed by atoms with van der Waals surface area (Å²) in [6.07, 6.45) is 3.19. The number of carboxylic acid groups (broad SMARTS) is 1. The van der Waals surface area contributed by atoms with Crippen molar-refractivity contribution in [2.24, 2.45) is 5.41 Å². The minimum Gasteiger partial charge on any atom is -0.481 e. The van der Waals surface area contributed by atoms with Crippen LogP contribution < -0.4 is 5.32 Å². The van der Waals surface area contributed by atoms with Crippen LogP contribution in [-0.2, 0) is 4.79 Å². The molecule has 1 saturated carbocycles. The lowest BCUT2D eigenvalue weighted by atomic mass is 9.92. The van der Waals surface area contributed by atoms with Crippen molar-refractivity contribution in [3.63, 3.8) is 0 Å². The van der Waals surface area contributed by atoms with Crippen LogP contribution in [0.4, 0.5) is 4.79 Å². The summed E-state index contributed by atoms with van der Waals surface area (Å²) in [5.74, 6) is 0.771. The Labute approximate surface area is 124 Å². The third kappa shape index (κ3) is 4.04. The van der Waals surface area contributed by atoms with Gasteiger partial charge < -0.3 is 15.3 Å². The van der Waals surface area contributed by atoms with E-state index in [0.717, 1.165) is 30.8 Å². The van der Waals surface area contributed by atoms with E-state index in [1.165, 1.54) is 0 Å². The molecule has 2 unspecified atom stereocenters. The van der Waals surface area contributed by atoms with E-state index in [2.05, 4.69) is 19.2 Å². The van der Waals surface area contributed by atoms with Crippen LogP contribution >= 0.6 is 11.8 Å². The van der Waals surface area contributed by atoms with Gasteiger partial charge in [-0.2, -0.15) is 11.8 Å². The standard InChI is InChI=1S/C14H24N2O3S/c1-14(2)4-3-10(8-14)15-13(19)16-5-6-20-9-11(16)7-12(17)18/h10-11H,3-9H2,1-2H3,(H,15,19)(H,17,18). The molecule has 2 N–H and O–H groups in total. The topological polar surface area (TPSA) is 69.6 Å². The number of nitrogens with zero attached hydrogens (tertiary/aromatic N) is 1. The minimum absolute atomic E-state index is 0.0383.